The minimum atomic E-state index is -0.333. The number of amides is 1. The maximum atomic E-state index is 12.0. The number of aryl methyl sites for hydroxylation is 1. The van der Waals surface area contributed by atoms with Gasteiger partial charge in [0, 0.05) is 18.5 Å². The Balaban J connectivity index is 1.75. The molecule has 3 heterocycles. The Bertz CT molecular complexity index is 748. The zero-order valence-electron chi connectivity index (χ0n) is 11.4. The Kier molecular flexibility index (Phi) is 3.46. The van der Waals surface area contributed by atoms with E-state index in [4.69, 9.17) is 4.42 Å². The summed E-state index contributed by atoms with van der Waals surface area (Å²) in [5.41, 5.74) is 0.249. The van der Waals surface area contributed by atoms with Gasteiger partial charge >= 0.3 is 0 Å². The molecule has 3 rings (SSSR count). The number of rotatable bonds is 4. The van der Waals surface area contributed by atoms with Crippen molar-refractivity contribution in [2.24, 2.45) is 0 Å². The first kappa shape index (κ1) is 13.0. The van der Waals surface area contributed by atoms with E-state index in [1.807, 2.05) is 19.1 Å². The quantitative estimate of drug-likeness (QED) is 0.790. The van der Waals surface area contributed by atoms with Gasteiger partial charge in [-0.3, -0.25) is 9.78 Å². The highest BCUT2D eigenvalue weighted by Gasteiger charge is 2.11. The van der Waals surface area contributed by atoms with Gasteiger partial charge in [0.15, 0.2) is 0 Å². The predicted octanol–water partition coefficient (Wildman–Crippen LogP) is 1.88. The largest absolute Gasteiger partial charge is 0.464 e. The van der Waals surface area contributed by atoms with Gasteiger partial charge in [0.05, 0.1) is 12.4 Å². The maximum Gasteiger partial charge on any atom is 0.277 e. The Morgan fingerprint density at radius 2 is 2.19 bits per heavy atom. The van der Waals surface area contributed by atoms with Gasteiger partial charge < -0.3 is 9.73 Å². The van der Waals surface area contributed by atoms with Crippen LogP contribution in [0.15, 0.2) is 47.4 Å². The first-order chi connectivity index (χ1) is 10.2. The minimum Gasteiger partial charge on any atom is -0.464 e. The molecule has 7 nitrogen and oxygen atoms in total. The summed E-state index contributed by atoms with van der Waals surface area (Å²) in [4.78, 5) is 19.9. The van der Waals surface area contributed by atoms with Crippen molar-refractivity contribution in [3.05, 3.63) is 60.2 Å². The molecule has 0 bridgehead atoms. The zero-order chi connectivity index (χ0) is 14.7. The first-order valence-corrected chi connectivity index (χ1v) is 6.37. The van der Waals surface area contributed by atoms with Crippen molar-refractivity contribution in [2.75, 3.05) is 5.32 Å². The van der Waals surface area contributed by atoms with E-state index in [2.05, 4.69) is 20.4 Å². The summed E-state index contributed by atoms with van der Waals surface area (Å²) >= 11 is 0. The van der Waals surface area contributed by atoms with Crippen LogP contribution in [0, 0.1) is 6.92 Å². The third-order valence-electron chi connectivity index (χ3n) is 2.86. The Hall–Kier alpha value is -2.96. The Morgan fingerprint density at radius 3 is 2.90 bits per heavy atom. The highest BCUT2D eigenvalue weighted by molar-refractivity contribution is 6.02. The van der Waals surface area contributed by atoms with Gasteiger partial charge in [-0.2, -0.15) is 5.10 Å². The van der Waals surface area contributed by atoms with E-state index in [0.29, 0.717) is 12.4 Å². The van der Waals surface area contributed by atoms with Crippen LogP contribution < -0.4 is 5.32 Å². The number of anilines is 1. The van der Waals surface area contributed by atoms with Crippen molar-refractivity contribution in [3.8, 4) is 0 Å². The van der Waals surface area contributed by atoms with E-state index in [9.17, 15) is 4.79 Å². The van der Waals surface area contributed by atoms with Gasteiger partial charge in [0.25, 0.3) is 5.91 Å². The smallest absolute Gasteiger partial charge is 0.277 e. The SMILES string of the molecule is Cc1ccc(Cn2nccc2NC(=O)c2cnccn2)o1. The topological polar surface area (TPSA) is 85.8 Å². The summed E-state index contributed by atoms with van der Waals surface area (Å²) in [6.07, 6.45) is 6.01. The van der Waals surface area contributed by atoms with E-state index in [0.717, 1.165) is 11.5 Å². The fraction of sp³-hybridized carbons (Fsp3) is 0.143. The molecule has 0 saturated carbocycles. The third-order valence-corrected chi connectivity index (χ3v) is 2.86. The summed E-state index contributed by atoms with van der Waals surface area (Å²) in [7, 11) is 0. The number of hydrogen-bond acceptors (Lipinski definition) is 5. The molecule has 0 aliphatic heterocycles. The molecule has 1 N–H and O–H groups in total. The fourth-order valence-electron chi connectivity index (χ4n) is 1.88. The van der Waals surface area contributed by atoms with Crippen molar-refractivity contribution in [2.45, 2.75) is 13.5 Å². The highest BCUT2D eigenvalue weighted by atomic mass is 16.3. The zero-order valence-corrected chi connectivity index (χ0v) is 11.4. The molecule has 0 atom stereocenters. The molecule has 106 valence electrons. The first-order valence-electron chi connectivity index (χ1n) is 6.37. The van der Waals surface area contributed by atoms with Crippen LogP contribution in [0.3, 0.4) is 0 Å². The van der Waals surface area contributed by atoms with Gasteiger partial charge in [-0.05, 0) is 19.1 Å². The highest BCUT2D eigenvalue weighted by Crippen LogP contribution is 2.13. The molecule has 3 aromatic rings. The molecule has 0 aromatic carbocycles. The monoisotopic (exact) mass is 283 g/mol. The number of nitrogens with one attached hydrogen (secondary N) is 1. The molecule has 0 unspecified atom stereocenters. The van der Waals surface area contributed by atoms with Crippen LogP contribution in [0.1, 0.15) is 22.0 Å². The molecule has 1 amide bonds. The number of furan rings is 1. The standard InChI is InChI=1S/C14H13N5O2/c1-10-2-3-11(21-10)9-19-13(4-5-17-19)18-14(20)12-8-15-6-7-16-12/h2-8H,9H2,1H3,(H,18,20). The Labute approximate surface area is 120 Å². The molecule has 3 aromatic heterocycles. The Morgan fingerprint density at radius 1 is 1.29 bits per heavy atom. The second-order valence-corrected chi connectivity index (χ2v) is 4.43. The lowest BCUT2D eigenvalue weighted by Gasteiger charge is -2.07. The lowest BCUT2D eigenvalue weighted by atomic mass is 10.4. The third kappa shape index (κ3) is 2.97. The maximum absolute atomic E-state index is 12.0. The van der Waals surface area contributed by atoms with E-state index in [1.54, 1.807) is 16.9 Å². The molecule has 0 saturated heterocycles. The van der Waals surface area contributed by atoms with Crippen molar-refractivity contribution < 1.29 is 9.21 Å². The lowest BCUT2D eigenvalue weighted by molar-refractivity contribution is 0.102. The minimum absolute atomic E-state index is 0.249. The molecule has 0 radical (unpaired) electrons. The van der Waals surface area contributed by atoms with Crippen LogP contribution in [0.4, 0.5) is 5.82 Å². The van der Waals surface area contributed by atoms with Crippen LogP contribution in [-0.2, 0) is 6.54 Å². The number of hydrogen-bond donors (Lipinski definition) is 1. The van der Waals surface area contributed by atoms with Crippen molar-refractivity contribution >= 4 is 11.7 Å². The van der Waals surface area contributed by atoms with Gasteiger partial charge in [0.2, 0.25) is 0 Å². The molecule has 0 aliphatic rings. The summed E-state index contributed by atoms with van der Waals surface area (Å²) < 4.78 is 7.15. The number of aromatic nitrogens is 4. The summed E-state index contributed by atoms with van der Waals surface area (Å²) in [6.45, 7) is 2.32. The second kappa shape index (κ2) is 5.58. The number of carbonyl (C=O) groups excluding carboxylic acids is 1. The van der Waals surface area contributed by atoms with Crippen molar-refractivity contribution in [3.63, 3.8) is 0 Å². The summed E-state index contributed by atoms with van der Waals surface area (Å²) in [5.74, 6) is 1.84. The van der Waals surface area contributed by atoms with Crippen molar-refractivity contribution in [1.82, 2.24) is 19.7 Å². The fourth-order valence-corrected chi connectivity index (χ4v) is 1.88. The van der Waals surface area contributed by atoms with Gasteiger partial charge in [-0.1, -0.05) is 0 Å². The molecule has 0 aliphatic carbocycles. The van der Waals surface area contributed by atoms with Crippen LogP contribution in [0.5, 0.6) is 0 Å². The summed E-state index contributed by atoms with van der Waals surface area (Å²) in [6, 6.07) is 5.48. The van der Waals surface area contributed by atoms with E-state index < -0.39 is 0 Å². The van der Waals surface area contributed by atoms with E-state index >= 15 is 0 Å². The molecular formula is C14H13N5O2. The van der Waals surface area contributed by atoms with E-state index in [1.165, 1.54) is 18.6 Å². The van der Waals surface area contributed by atoms with Gasteiger partial charge in [-0.15, -0.1) is 0 Å². The molecule has 7 heteroatoms. The van der Waals surface area contributed by atoms with Crippen LogP contribution in [-0.4, -0.2) is 25.7 Å². The number of nitrogens with zero attached hydrogens (tertiary/aromatic N) is 4. The molecule has 0 fully saturated rings. The van der Waals surface area contributed by atoms with Crippen molar-refractivity contribution in [1.29, 1.82) is 0 Å². The molecular weight excluding hydrogens is 270 g/mol. The van der Waals surface area contributed by atoms with Crippen LogP contribution in [0.25, 0.3) is 0 Å². The predicted molar refractivity (Wildman–Crippen MR) is 74.8 cm³/mol. The van der Waals surface area contributed by atoms with Crippen LogP contribution >= 0.6 is 0 Å². The average molecular weight is 283 g/mol. The molecule has 21 heavy (non-hydrogen) atoms. The number of carbonyl (C=O) groups is 1. The second-order valence-electron chi connectivity index (χ2n) is 4.43. The molecule has 0 spiro atoms. The summed E-state index contributed by atoms with van der Waals surface area (Å²) in [5, 5.41) is 6.92. The van der Waals surface area contributed by atoms with Gasteiger partial charge in [-0.25, -0.2) is 9.67 Å². The van der Waals surface area contributed by atoms with E-state index in [-0.39, 0.29) is 11.6 Å². The van der Waals surface area contributed by atoms with Gasteiger partial charge in [0.1, 0.15) is 29.6 Å². The average Bonchev–Trinajstić information content (AvgIpc) is 3.10. The normalized spacial score (nSPS) is 10.5. The lowest BCUT2D eigenvalue weighted by Crippen LogP contribution is -2.17. The van der Waals surface area contributed by atoms with Crippen LogP contribution in [0.2, 0.25) is 0 Å².